The minimum absolute atomic E-state index is 0.113. The number of aromatic amines is 1. The first kappa shape index (κ1) is 19.2. The molecule has 5 aromatic rings. The van der Waals surface area contributed by atoms with Gasteiger partial charge >= 0.3 is 0 Å². The Kier molecular flexibility index (Phi) is 5.29. The van der Waals surface area contributed by atoms with Crippen LogP contribution in [0.3, 0.4) is 0 Å². The van der Waals surface area contributed by atoms with Gasteiger partial charge in [-0.2, -0.15) is 0 Å². The number of para-hydroxylation sites is 1. The predicted molar refractivity (Wildman–Crippen MR) is 125 cm³/mol. The second kappa shape index (κ2) is 8.53. The van der Waals surface area contributed by atoms with Crippen molar-refractivity contribution in [3.05, 3.63) is 107 Å². The standard InChI is InChI=1S/C25H18N4OS/c30-22-15-19(20-13-7-8-14-21(20)26-22)16-31-25-27-23(17-9-3-1-4-10-17)24(28-29-25)18-11-5-2-6-12-18/h1-15H,16H2,(H,26,30). The molecule has 150 valence electrons. The Hall–Kier alpha value is -3.77. The monoisotopic (exact) mass is 422 g/mol. The summed E-state index contributed by atoms with van der Waals surface area (Å²) in [5, 5.41) is 10.5. The molecule has 5 nitrogen and oxygen atoms in total. The summed E-state index contributed by atoms with van der Waals surface area (Å²) in [5.74, 6) is 0.574. The van der Waals surface area contributed by atoms with Gasteiger partial charge in [-0.25, -0.2) is 4.98 Å². The van der Waals surface area contributed by atoms with E-state index in [4.69, 9.17) is 4.98 Å². The van der Waals surface area contributed by atoms with Crippen LogP contribution in [0.25, 0.3) is 33.4 Å². The second-order valence-corrected chi connectivity index (χ2v) is 7.96. The van der Waals surface area contributed by atoms with E-state index in [-0.39, 0.29) is 5.56 Å². The second-order valence-electron chi connectivity index (χ2n) is 7.02. The molecule has 6 heteroatoms. The molecule has 0 aliphatic rings. The van der Waals surface area contributed by atoms with Crippen molar-refractivity contribution in [3.63, 3.8) is 0 Å². The van der Waals surface area contributed by atoms with Crippen molar-refractivity contribution in [1.29, 1.82) is 0 Å². The van der Waals surface area contributed by atoms with Gasteiger partial charge in [-0.05, 0) is 11.6 Å². The number of benzene rings is 3. The molecule has 0 radical (unpaired) electrons. The number of H-pyrrole nitrogens is 1. The molecule has 0 unspecified atom stereocenters. The minimum atomic E-state index is -0.113. The maximum Gasteiger partial charge on any atom is 0.248 e. The van der Waals surface area contributed by atoms with Crippen molar-refractivity contribution in [2.75, 3.05) is 0 Å². The molecule has 0 bridgehead atoms. The Morgan fingerprint density at radius 1 is 0.742 bits per heavy atom. The van der Waals surface area contributed by atoms with Crippen molar-refractivity contribution in [2.24, 2.45) is 0 Å². The smallest absolute Gasteiger partial charge is 0.248 e. The molecular weight excluding hydrogens is 404 g/mol. The average Bonchev–Trinajstić information content (AvgIpc) is 2.83. The van der Waals surface area contributed by atoms with Gasteiger partial charge in [-0.3, -0.25) is 4.79 Å². The van der Waals surface area contributed by atoms with E-state index < -0.39 is 0 Å². The summed E-state index contributed by atoms with van der Waals surface area (Å²) in [6.07, 6.45) is 0. The number of nitrogens with zero attached hydrogens (tertiary/aromatic N) is 3. The number of aromatic nitrogens is 4. The van der Waals surface area contributed by atoms with Crippen molar-refractivity contribution >= 4 is 22.7 Å². The average molecular weight is 423 g/mol. The fourth-order valence-electron chi connectivity index (χ4n) is 3.50. The number of hydrogen-bond donors (Lipinski definition) is 1. The molecule has 5 rings (SSSR count). The highest BCUT2D eigenvalue weighted by Crippen LogP contribution is 2.31. The van der Waals surface area contributed by atoms with Crippen molar-refractivity contribution < 1.29 is 0 Å². The lowest BCUT2D eigenvalue weighted by Crippen LogP contribution is -2.06. The van der Waals surface area contributed by atoms with Crippen LogP contribution in [0.15, 0.2) is 101 Å². The van der Waals surface area contributed by atoms with Crippen LogP contribution in [0.1, 0.15) is 5.56 Å². The number of nitrogens with one attached hydrogen (secondary N) is 1. The quantitative estimate of drug-likeness (QED) is 0.387. The molecule has 2 aromatic heterocycles. The third-order valence-corrected chi connectivity index (χ3v) is 5.84. The molecule has 0 spiro atoms. The van der Waals surface area contributed by atoms with E-state index >= 15 is 0 Å². The van der Waals surface area contributed by atoms with Gasteiger partial charge in [0.25, 0.3) is 0 Å². The zero-order valence-corrected chi connectivity index (χ0v) is 17.3. The van der Waals surface area contributed by atoms with Crippen LogP contribution in [-0.2, 0) is 5.75 Å². The summed E-state index contributed by atoms with van der Waals surface area (Å²) < 4.78 is 0. The Labute approximate surface area is 183 Å². The van der Waals surface area contributed by atoms with Crippen LogP contribution in [-0.4, -0.2) is 20.2 Å². The Morgan fingerprint density at radius 3 is 2.13 bits per heavy atom. The summed E-state index contributed by atoms with van der Waals surface area (Å²) in [7, 11) is 0. The molecule has 0 saturated carbocycles. The molecule has 0 aliphatic heterocycles. The minimum Gasteiger partial charge on any atom is -0.322 e. The largest absolute Gasteiger partial charge is 0.322 e. The number of rotatable bonds is 5. The van der Waals surface area contributed by atoms with Crippen molar-refractivity contribution in [1.82, 2.24) is 20.2 Å². The van der Waals surface area contributed by atoms with E-state index in [1.54, 1.807) is 6.07 Å². The van der Waals surface area contributed by atoms with Gasteiger partial charge in [0.1, 0.15) is 11.4 Å². The highest BCUT2D eigenvalue weighted by atomic mass is 32.2. The molecule has 0 amide bonds. The molecule has 0 atom stereocenters. The normalized spacial score (nSPS) is 11.0. The first-order chi connectivity index (χ1) is 15.3. The van der Waals surface area contributed by atoms with Crippen LogP contribution in [0, 0.1) is 0 Å². The third kappa shape index (κ3) is 4.11. The van der Waals surface area contributed by atoms with E-state index in [2.05, 4.69) is 15.2 Å². The predicted octanol–water partition coefficient (Wildman–Crippen LogP) is 5.34. The van der Waals surface area contributed by atoms with E-state index in [9.17, 15) is 4.79 Å². The number of pyridine rings is 1. The van der Waals surface area contributed by atoms with Gasteiger partial charge in [0, 0.05) is 33.8 Å². The van der Waals surface area contributed by atoms with E-state index in [0.717, 1.165) is 39.0 Å². The van der Waals surface area contributed by atoms with Gasteiger partial charge in [0.2, 0.25) is 10.7 Å². The van der Waals surface area contributed by atoms with Crippen molar-refractivity contribution in [2.45, 2.75) is 10.9 Å². The zero-order chi connectivity index (χ0) is 21.0. The number of hydrogen-bond acceptors (Lipinski definition) is 5. The van der Waals surface area contributed by atoms with Crippen molar-refractivity contribution in [3.8, 4) is 22.5 Å². The highest BCUT2D eigenvalue weighted by Gasteiger charge is 2.14. The molecule has 0 aliphatic carbocycles. The van der Waals surface area contributed by atoms with Crippen LogP contribution in [0.4, 0.5) is 0 Å². The topological polar surface area (TPSA) is 71.5 Å². The third-order valence-electron chi connectivity index (χ3n) is 4.95. The summed E-state index contributed by atoms with van der Waals surface area (Å²) in [6, 6.07) is 29.4. The van der Waals surface area contributed by atoms with Gasteiger partial charge in [-0.15, -0.1) is 10.2 Å². The van der Waals surface area contributed by atoms with E-state index in [0.29, 0.717) is 10.9 Å². The highest BCUT2D eigenvalue weighted by molar-refractivity contribution is 7.98. The summed E-state index contributed by atoms with van der Waals surface area (Å²) >= 11 is 1.47. The van der Waals surface area contributed by atoms with Gasteiger partial charge < -0.3 is 4.98 Å². The van der Waals surface area contributed by atoms with Gasteiger partial charge in [0.15, 0.2) is 0 Å². The van der Waals surface area contributed by atoms with Crippen LogP contribution in [0.5, 0.6) is 0 Å². The van der Waals surface area contributed by atoms with Crippen LogP contribution in [0.2, 0.25) is 0 Å². The molecule has 0 fully saturated rings. The molecule has 31 heavy (non-hydrogen) atoms. The van der Waals surface area contributed by atoms with E-state index in [1.807, 2.05) is 84.9 Å². The zero-order valence-electron chi connectivity index (χ0n) is 16.5. The number of thioether (sulfide) groups is 1. The number of fused-ring (bicyclic) bond motifs is 1. The molecule has 0 saturated heterocycles. The molecule has 2 heterocycles. The fourth-order valence-corrected chi connectivity index (χ4v) is 4.28. The van der Waals surface area contributed by atoms with Crippen LogP contribution < -0.4 is 5.56 Å². The lowest BCUT2D eigenvalue weighted by molar-refractivity contribution is 0.850. The van der Waals surface area contributed by atoms with E-state index in [1.165, 1.54) is 11.8 Å². The fraction of sp³-hybridized carbons (Fsp3) is 0.0400. The SMILES string of the molecule is O=c1cc(CSc2nnc(-c3ccccc3)c(-c3ccccc3)n2)c2ccccc2[nH]1. The molecule has 1 N–H and O–H groups in total. The summed E-state index contributed by atoms with van der Waals surface area (Å²) in [6.45, 7) is 0. The van der Waals surface area contributed by atoms with Gasteiger partial charge in [-0.1, -0.05) is 90.6 Å². The molecule has 3 aromatic carbocycles. The maximum atomic E-state index is 12.0. The lowest BCUT2D eigenvalue weighted by Gasteiger charge is -2.10. The Bertz CT molecular complexity index is 1400. The van der Waals surface area contributed by atoms with Crippen LogP contribution >= 0.6 is 11.8 Å². The summed E-state index contributed by atoms with van der Waals surface area (Å²) in [4.78, 5) is 19.8. The Balaban J connectivity index is 1.52. The molecular formula is C25H18N4OS. The lowest BCUT2D eigenvalue weighted by atomic mass is 10.0. The first-order valence-electron chi connectivity index (χ1n) is 9.87. The summed E-state index contributed by atoms with van der Waals surface area (Å²) in [5.41, 5.74) is 5.16. The maximum absolute atomic E-state index is 12.0. The Morgan fingerprint density at radius 2 is 1.39 bits per heavy atom. The van der Waals surface area contributed by atoms with Gasteiger partial charge in [0.05, 0.1) is 0 Å². The first-order valence-corrected chi connectivity index (χ1v) is 10.9.